The summed E-state index contributed by atoms with van der Waals surface area (Å²) in [6.45, 7) is 16.6. The van der Waals surface area contributed by atoms with Crippen molar-refractivity contribution in [3.63, 3.8) is 0 Å². The molecule has 2 aromatic heterocycles. The van der Waals surface area contributed by atoms with Crippen molar-refractivity contribution >= 4 is 28.4 Å². The van der Waals surface area contributed by atoms with Crippen molar-refractivity contribution in [2.75, 3.05) is 70.6 Å². The van der Waals surface area contributed by atoms with Crippen molar-refractivity contribution in [1.82, 2.24) is 29.7 Å². The number of aromatic nitrogens is 3. The number of hydrogen-bond acceptors (Lipinski definition) is 10. The molecule has 0 saturated carbocycles. The third-order valence-corrected chi connectivity index (χ3v) is 8.57. The number of likely N-dealkylation sites (tertiary alicyclic amines) is 1. The highest BCUT2D eigenvalue weighted by molar-refractivity contribution is 6.16. The van der Waals surface area contributed by atoms with E-state index in [0.717, 1.165) is 68.3 Å². The van der Waals surface area contributed by atoms with Gasteiger partial charge in [-0.25, -0.2) is 15.0 Å². The first-order valence-corrected chi connectivity index (χ1v) is 14.8. The maximum atomic E-state index is 6.28. The molecule has 5 rings (SSSR count). The van der Waals surface area contributed by atoms with Gasteiger partial charge in [0.2, 0.25) is 0 Å². The number of nitrogens with one attached hydrogen (secondary N) is 1. The fourth-order valence-electron chi connectivity index (χ4n) is 5.93. The molecular formula is C30H45N9O. The first-order valence-electron chi connectivity index (χ1n) is 14.8. The van der Waals surface area contributed by atoms with Crippen LogP contribution in [-0.4, -0.2) is 107 Å². The van der Waals surface area contributed by atoms with Crippen LogP contribution in [0.5, 0.6) is 0 Å². The summed E-state index contributed by atoms with van der Waals surface area (Å²) in [7, 11) is 2.22. The molecule has 0 spiro atoms. The topological polar surface area (TPSA) is 108 Å². The van der Waals surface area contributed by atoms with Crippen LogP contribution in [0.2, 0.25) is 0 Å². The van der Waals surface area contributed by atoms with E-state index in [1.165, 1.54) is 39.0 Å². The van der Waals surface area contributed by atoms with E-state index in [1.54, 1.807) is 12.3 Å². The molecule has 0 unspecified atom stereocenters. The van der Waals surface area contributed by atoms with Crippen LogP contribution in [0, 0.1) is 0 Å². The number of piperidine rings is 1. The highest BCUT2D eigenvalue weighted by Crippen LogP contribution is 2.26. The Hall–Kier alpha value is -3.08. The number of nitrogens with zero attached hydrogens (tertiary/aromatic N) is 7. The Balaban J connectivity index is 1.35. The summed E-state index contributed by atoms with van der Waals surface area (Å²) in [4.78, 5) is 26.8. The van der Waals surface area contributed by atoms with E-state index < -0.39 is 0 Å². The molecule has 3 fully saturated rings. The second-order valence-corrected chi connectivity index (χ2v) is 11.2. The van der Waals surface area contributed by atoms with Gasteiger partial charge < -0.3 is 25.6 Å². The largest absolute Gasteiger partial charge is 0.382 e. The predicted octanol–water partition coefficient (Wildman–Crippen LogP) is 3.31. The molecule has 216 valence electrons. The zero-order valence-corrected chi connectivity index (χ0v) is 24.4. The van der Waals surface area contributed by atoms with Gasteiger partial charge in [-0.2, -0.15) is 0 Å². The quantitative estimate of drug-likeness (QED) is 0.481. The molecule has 0 amide bonds. The zero-order chi connectivity index (χ0) is 28.1. The molecule has 10 nitrogen and oxygen atoms in total. The van der Waals surface area contributed by atoms with E-state index >= 15 is 0 Å². The van der Waals surface area contributed by atoms with Crippen molar-refractivity contribution < 1.29 is 4.74 Å². The minimum absolute atomic E-state index is 0.312. The summed E-state index contributed by atoms with van der Waals surface area (Å²) >= 11 is 0. The molecule has 0 bridgehead atoms. The number of fused-ring (bicyclic) bond motifs is 1. The maximum Gasteiger partial charge on any atom is 0.151 e. The first-order chi connectivity index (χ1) is 19.5. The van der Waals surface area contributed by atoms with Gasteiger partial charge in [0.15, 0.2) is 5.82 Å². The second kappa shape index (κ2) is 13.1. The smallest absolute Gasteiger partial charge is 0.151 e. The summed E-state index contributed by atoms with van der Waals surface area (Å²) in [5.74, 6) is 1.17. The number of aliphatic imine (C=N–C) groups is 1. The van der Waals surface area contributed by atoms with E-state index in [4.69, 9.17) is 25.4 Å². The molecule has 2 aromatic rings. The minimum atomic E-state index is 0.312. The van der Waals surface area contributed by atoms with E-state index in [-0.39, 0.29) is 0 Å². The minimum Gasteiger partial charge on any atom is -0.382 e. The number of nitrogen functional groups attached to an aromatic ring is 1. The summed E-state index contributed by atoms with van der Waals surface area (Å²) in [6, 6.07) is 1.000. The van der Waals surface area contributed by atoms with Gasteiger partial charge in [0.1, 0.15) is 16.9 Å². The Labute approximate surface area is 238 Å². The van der Waals surface area contributed by atoms with Gasteiger partial charge in [-0.3, -0.25) is 9.89 Å². The molecule has 3 aliphatic heterocycles. The second-order valence-electron chi connectivity index (χ2n) is 11.2. The lowest BCUT2D eigenvalue weighted by atomic mass is 10.0. The van der Waals surface area contributed by atoms with Crippen LogP contribution in [0.4, 0.5) is 11.6 Å². The number of anilines is 2. The third kappa shape index (κ3) is 6.45. The van der Waals surface area contributed by atoms with Crippen molar-refractivity contribution in [2.24, 2.45) is 4.99 Å². The van der Waals surface area contributed by atoms with Crippen LogP contribution in [0.1, 0.15) is 50.8 Å². The van der Waals surface area contributed by atoms with Crippen LogP contribution in [0.3, 0.4) is 0 Å². The molecule has 0 aromatic carbocycles. The normalized spacial score (nSPS) is 21.2. The van der Waals surface area contributed by atoms with Crippen LogP contribution in [0.15, 0.2) is 35.7 Å². The van der Waals surface area contributed by atoms with Crippen LogP contribution in [0.25, 0.3) is 11.0 Å². The Morgan fingerprint density at radius 2 is 1.82 bits per heavy atom. The van der Waals surface area contributed by atoms with Gasteiger partial charge in [-0.15, -0.1) is 0 Å². The Morgan fingerprint density at radius 1 is 1.10 bits per heavy atom. The molecular weight excluding hydrogens is 502 g/mol. The van der Waals surface area contributed by atoms with E-state index in [2.05, 4.69) is 52.5 Å². The molecule has 0 atom stereocenters. The average molecular weight is 548 g/mol. The summed E-state index contributed by atoms with van der Waals surface area (Å²) < 4.78 is 5.53. The van der Waals surface area contributed by atoms with Crippen molar-refractivity contribution in [1.29, 1.82) is 0 Å². The van der Waals surface area contributed by atoms with Crippen molar-refractivity contribution in [2.45, 2.75) is 58.0 Å². The number of nitrogens with two attached hydrogens (primary N) is 1. The average Bonchev–Trinajstić information content (AvgIpc) is 2.99. The molecule has 3 aliphatic rings. The number of hydrogen-bond donors (Lipinski definition) is 2. The molecule has 3 N–H and O–H groups in total. The number of likely N-dealkylation sites (N-methyl/N-ethyl adjacent to an activating group) is 1. The number of ether oxygens (including phenoxy) is 1. The van der Waals surface area contributed by atoms with Gasteiger partial charge in [0.05, 0.1) is 11.4 Å². The highest BCUT2D eigenvalue weighted by atomic mass is 16.5. The number of aryl methyl sites for hydroxylation is 1. The maximum absolute atomic E-state index is 6.28. The Morgan fingerprint density at radius 3 is 2.50 bits per heavy atom. The van der Waals surface area contributed by atoms with Gasteiger partial charge in [0, 0.05) is 88.2 Å². The number of allylic oxidation sites excluding steroid dienone is 2. The van der Waals surface area contributed by atoms with Gasteiger partial charge in [-0.1, -0.05) is 13.5 Å². The van der Waals surface area contributed by atoms with E-state index in [1.807, 2.05) is 6.20 Å². The fraction of sp³-hybridized carbons (Fsp3) is 0.600. The first kappa shape index (κ1) is 28.4. The lowest BCUT2D eigenvalue weighted by molar-refractivity contribution is 0.0757. The van der Waals surface area contributed by atoms with E-state index in [9.17, 15) is 0 Å². The van der Waals surface area contributed by atoms with Crippen molar-refractivity contribution in [3.8, 4) is 0 Å². The number of rotatable bonds is 8. The molecule has 40 heavy (non-hydrogen) atoms. The summed E-state index contributed by atoms with van der Waals surface area (Å²) in [5.41, 5.74) is 11.1. The SMILES string of the molecule is C=CC(=N/C=C(\C)N1CCC(N2CCN(C)CC2)CC1)c1cnc(N)c2nc(CC)c(NC3CCOCC3)nc12. The zero-order valence-electron chi connectivity index (χ0n) is 24.4. The van der Waals surface area contributed by atoms with Crippen molar-refractivity contribution in [3.05, 3.63) is 42.0 Å². The van der Waals surface area contributed by atoms with E-state index in [0.29, 0.717) is 34.6 Å². The number of pyridine rings is 1. The lowest BCUT2D eigenvalue weighted by Gasteiger charge is -2.42. The van der Waals surface area contributed by atoms with Gasteiger partial charge >= 0.3 is 0 Å². The standard InChI is InChI=1S/C30H45N9O/c1-5-25(32-19-21(3)38-11-7-23(8-12-38)39-15-13-37(4)14-16-39)24-20-33-29(31)28-27(24)36-30(26(6-2)35-28)34-22-9-17-40-18-10-22/h5,19-20,22-23H,1,6-18H2,2-4H3,(H2,31,33)(H,34,36)/b21-19+,32-25?. The molecule has 10 heteroatoms. The molecule has 0 aliphatic carbocycles. The molecule has 0 radical (unpaired) electrons. The van der Waals surface area contributed by atoms with Crippen LogP contribution >= 0.6 is 0 Å². The fourth-order valence-corrected chi connectivity index (χ4v) is 5.93. The molecule has 5 heterocycles. The monoisotopic (exact) mass is 547 g/mol. The Kier molecular flexibility index (Phi) is 9.29. The predicted molar refractivity (Wildman–Crippen MR) is 163 cm³/mol. The lowest BCUT2D eigenvalue weighted by Crippen LogP contribution is -2.52. The number of piperazine rings is 1. The van der Waals surface area contributed by atoms with Crippen LogP contribution in [-0.2, 0) is 11.2 Å². The Bertz CT molecular complexity index is 1240. The highest BCUT2D eigenvalue weighted by Gasteiger charge is 2.27. The summed E-state index contributed by atoms with van der Waals surface area (Å²) in [5, 5.41) is 3.61. The van der Waals surface area contributed by atoms with Crippen LogP contribution < -0.4 is 11.1 Å². The van der Waals surface area contributed by atoms with Gasteiger partial charge in [-0.05, 0) is 52.2 Å². The summed E-state index contributed by atoms with van der Waals surface area (Å²) in [6.07, 6.45) is 10.5. The third-order valence-electron chi connectivity index (χ3n) is 8.57. The van der Waals surface area contributed by atoms with Gasteiger partial charge in [0.25, 0.3) is 0 Å². The molecule has 3 saturated heterocycles.